The molecule has 2 amide bonds. The van der Waals surface area contributed by atoms with Crippen molar-refractivity contribution in [2.24, 2.45) is 0 Å². The van der Waals surface area contributed by atoms with E-state index in [1.807, 2.05) is 0 Å². The third-order valence-corrected chi connectivity index (χ3v) is 3.85. The molecule has 3 rings (SSSR count). The van der Waals surface area contributed by atoms with Gasteiger partial charge in [-0.05, 0) is 6.42 Å². The van der Waals surface area contributed by atoms with E-state index in [0.29, 0.717) is 25.3 Å². The Hall–Kier alpha value is -2.26. The van der Waals surface area contributed by atoms with Crippen LogP contribution in [0.1, 0.15) is 22.6 Å². The zero-order valence-corrected chi connectivity index (χ0v) is 10.4. The smallest absolute Gasteiger partial charge is 0.408 e. The molecule has 2 aliphatic heterocycles. The summed E-state index contributed by atoms with van der Waals surface area (Å²) in [4.78, 5) is 32.1. The Kier molecular flexibility index (Phi) is 2.80. The maximum absolute atomic E-state index is 11.3. The maximum Gasteiger partial charge on any atom is 0.408 e. The van der Waals surface area contributed by atoms with Gasteiger partial charge in [-0.3, -0.25) is 14.9 Å². The van der Waals surface area contributed by atoms with E-state index in [4.69, 9.17) is 5.21 Å². The SMILES string of the molecule is O=C(NO)c1cnc(C23CNC(CN2C(=O)O)C3)nc1. The Morgan fingerprint density at radius 2 is 2.15 bits per heavy atom. The molecular weight excluding hydrogens is 266 g/mol. The van der Waals surface area contributed by atoms with Crippen molar-refractivity contribution in [2.75, 3.05) is 13.1 Å². The number of rotatable bonds is 2. The number of nitrogens with one attached hydrogen (secondary N) is 2. The second-order valence-corrected chi connectivity index (χ2v) is 4.94. The van der Waals surface area contributed by atoms with Crippen molar-refractivity contribution < 1.29 is 19.9 Å². The molecule has 0 spiro atoms. The van der Waals surface area contributed by atoms with Gasteiger partial charge in [0.05, 0.1) is 5.56 Å². The molecule has 9 nitrogen and oxygen atoms in total. The number of amides is 2. The zero-order chi connectivity index (χ0) is 14.3. The Labute approximate surface area is 113 Å². The molecule has 2 atom stereocenters. The summed E-state index contributed by atoms with van der Waals surface area (Å²) in [6.45, 7) is 0.854. The van der Waals surface area contributed by atoms with Crippen molar-refractivity contribution in [3.05, 3.63) is 23.8 Å². The second kappa shape index (κ2) is 4.39. The van der Waals surface area contributed by atoms with Crippen molar-refractivity contribution in [2.45, 2.75) is 18.0 Å². The van der Waals surface area contributed by atoms with Crippen LogP contribution in [-0.4, -0.2) is 56.3 Å². The van der Waals surface area contributed by atoms with Crippen LogP contribution in [-0.2, 0) is 5.54 Å². The standard InChI is InChI=1S/C11H13N5O4/c17-8(15-20)6-2-12-9(13-3-6)11-1-7(14-5-11)4-16(11)10(18)19/h2-3,7,14,20H,1,4-5H2,(H,15,17)(H,18,19). The molecule has 9 heteroatoms. The van der Waals surface area contributed by atoms with Gasteiger partial charge in [0.15, 0.2) is 5.82 Å². The second-order valence-electron chi connectivity index (χ2n) is 4.94. The molecule has 2 unspecified atom stereocenters. The Morgan fingerprint density at radius 3 is 2.70 bits per heavy atom. The number of carboxylic acid groups (broad SMARTS) is 1. The third-order valence-electron chi connectivity index (χ3n) is 3.85. The van der Waals surface area contributed by atoms with E-state index < -0.39 is 17.5 Å². The minimum absolute atomic E-state index is 0.107. The molecule has 106 valence electrons. The third kappa shape index (κ3) is 1.71. The van der Waals surface area contributed by atoms with Crippen molar-refractivity contribution in [1.29, 1.82) is 0 Å². The molecule has 3 heterocycles. The number of aromatic nitrogens is 2. The lowest BCUT2D eigenvalue weighted by Crippen LogP contribution is -2.53. The molecule has 20 heavy (non-hydrogen) atoms. The number of carbonyl (C=O) groups excluding carboxylic acids is 1. The van der Waals surface area contributed by atoms with Gasteiger partial charge in [-0.15, -0.1) is 0 Å². The molecule has 2 saturated heterocycles. The fraction of sp³-hybridized carbons (Fsp3) is 0.455. The topological polar surface area (TPSA) is 128 Å². The Bertz CT molecular complexity index is 562. The molecule has 0 saturated carbocycles. The minimum atomic E-state index is -1.00. The maximum atomic E-state index is 11.3. The highest BCUT2D eigenvalue weighted by Crippen LogP contribution is 2.41. The fourth-order valence-electron chi connectivity index (χ4n) is 2.90. The Morgan fingerprint density at radius 1 is 1.45 bits per heavy atom. The van der Waals surface area contributed by atoms with Gasteiger partial charge in [0.25, 0.3) is 5.91 Å². The first-order valence-corrected chi connectivity index (χ1v) is 6.08. The molecule has 0 aromatic carbocycles. The van der Waals surface area contributed by atoms with Gasteiger partial charge in [0, 0.05) is 31.5 Å². The van der Waals surface area contributed by atoms with Crippen molar-refractivity contribution >= 4 is 12.0 Å². The number of hydroxylamine groups is 1. The van der Waals surface area contributed by atoms with Gasteiger partial charge in [0.2, 0.25) is 0 Å². The Balaban J connectivity index is 1.95. The summed E-state index contributed by atoms with van der Waals surface area (Å²) in [5, 5.41) is 21.0. The number of likely N-dealkylation sites (tertiary alicyclic amines) is 1. The summed E-state index contributed by atoms with van der Waals surface area (Å²) in [7, 11) is 0. The number of nitrogens with zero attached hydrogens (tertiary/aromatic N) is 3. The lowest BCUT2D eigenvalue weighted by molar-refractivity contribution is 0.0703. The van der Waals surface area contributed by atoms with Crippen LogP contribution in [0.2, 0.25) is 0 Å². The molecule has 4 N–H and O–H groups in total. The molecule has 1 aromatic rings. The summed E-state index contributed by atoms with van der Waals surface area (Å²) in [6.07, 6.45) is 2.16. The van der Waals surface area contributed by atoms with Gasteiger partial charge in [-0.1, -0.05) is 0 Å². The number of piperazine rings is 1. The van der Waals surface area contributed by atoms with E-state index in [0.717, 1.165) is 0 Å². The predicted octanol–water partition coefficient (Wildman–Crippen LogP) is -0.854. The largest absolute Gasteiger partial charge is 0.465 e. The lowest BCUT2D eigenvalue weighted by atomic mass is 9.97. The molecular formula is C11H13N5O4. The summed E-state index contributed by atoms with van der Waals surface area (Å²) >= 11 is 0. The van der Waals surface area contributed by atoms with Crippen LogP contribution < -0.4 is 10.8 Å². The monoisotopic (exact) mass is 279 g/mol. The normalized spacial score (nSPS) is 27.6. The molecule has 2 bridgehead atoms. The summed E-state index contributed by atoms with van der Waals surface area (Å²) in [5.41, 5.74) is 0.827. The van der Waals surface area contributed by atoms with Crippen LogP contribution in [0, 0.1) is 0 Å². The van der Waals surface area contributed by atoms with Gasteiger partial charge in [-0.25, -0.2) is 20.2 Å². The summed E-state index contributed by atoms with van der Waals surface area (Å²) in [5.74, 6) is -0.347. The van der Waals surface area contributed by atoms with Gasteiger partial charge in [0.1, 0.15) is 5.54 Å². The predicted molar refractivity (Wildman–Crippen MR) is 64.1 cm³/mol. The quantitative estimate of drug-likeness (QED) is 0.410. The molecule has 2 aliphatic rings. The highest BCUT2D eigenvalue weighted by Gasteiger charge is 2.55. The van der Waals surface area contributed by atoms with E-state index >= 15 is 0 Å². The number of hydrogen-bond donors (Lipinski definition) is 4. The van der Waals surface area contributed by atoms with Crippen molar-refractivity contribution in [1.82, 2.24) is 25.7 Å². The van der Waals surface area contributed by atoms with E-state index in [2.05, 4.69) is 15.3 Å². The molecule has 0 aliphatic carbocycles. The minimum Gasteiger partial charge on any atom is -0.465 e. The lowest BCUT2D eigenvalue weighted by Gasteiger charge is -2.35. The van der Waals surface area contributed by atoms with E-state index in [9.17, 15) is 14.7 Å². The van der Waals surface area contributed by atoms with Crippen LogP contribution in [0.15, 0.2) is 12.4 Å². The highest BCUT2D eigenvalue weighted by atomic mass is 16.5. The van der Waals surface area contributed by atoms with Gasteiger partial charge >= 0.3 is 6.09 Å². The number of carbonyl (C=O) groups is 2. The fourth-order valence-corrected chi connectivity index (χ4v) is 2.90. The average Bonchev–Trinajstić information content (AvgIpc) is 3.06. The number of fused-ring (bicyclic) bond motifs is 2. The van der Waals surface area contributed by atoms with Gasteiger partial charge in [-0.2, -0.15) is 0 Å². The van der Waals surface area contributed by atoms with Crippen LogP contribution in [0.4, 0.5) is 4.79 Å². The van der Waals surface area contributed by atoms with Crippen LogP contribution >= 0.6 is 0 Å². The zero-order valence-electron chi connectivity index (χ0n) is 10.4. The average molecular weight is 279 g/mol. The van der Waals surface area contributed by atoms with Crippen molar-refractivity contribution in [3.63, 3.8) is 0 Å². The molecule has 1 aromatic heterocycles. The first-order chi connectivity index (χ1) is 9.56. The molecule has 2 fully saturated rings. The first-order valence-electron chi connectivity index (χ1n) is 6.08. The van der Waals surface area contributed by atoms with Crippen LogP contribution in [0.25, 0.3) is 0 Å². The first kappa shape index (κ1) is 12.8. The van der Waals surface area contributed by atoms with Crippen molar-refractivity contribution in [3.8, 4) is 0 Å². The summed E-state index contributed by atoms with van der Waals surface area (Å²) in [6, 6.07) is 0.107. The highest BCUT2D eigenvalue weighted by molar-refractivity contribution is 5.92. The summed E-state index contributed by atoms with van der Waals surface area (Å²) < 4.78 is 0. The number of hydrogen-bond acceptors (Lipinski definition) is 6. The van der Waals surface area contributed by atoms with Gasteiger partial charge < -0.3 is 10.4 Å². The van der Waals surface area contributed by atoms with Crippen LogP contribution in [0.3, 0.4) is 0 Å². The van der Waals surface area contributed by atoms with E-state index in [-0.39, 0.29) is 11.6 Å². The van der Waals surface area contributed by atoms with Crippen LogP contribution in [0.5, 0.6) is 0 Å². The van der Waals surface area contributed by atoms with E-state index in [1.54, 1.807) is 0 Å². The molecule has 0 radical (unpaired) electrons. The van der Waals surface area contributed by atoms with E-state index in [1.165, 1.54) is 22.8 Å².